The second-order valence-electron chi connectivity index (χ2n) is 3.87. The van der Waals surface area contributed by atoms with Crippen molar-refractivity contribution in [1.29, 1.82) is 0 Å². The molecule has 15 heavy (non-hydrogen) atoms. The van der Waals surface area contributed by atoms with E-state index in [1.807, 2.05) is 6.08 Å². The van der Waals surface area contributed by atoms with Gasteiger partial charge in [0.15, 0.2) is 0 Å². The van der Waals surface area contributed by atoms with Crippen LogP contribution in [0, 0.1) is 0 Å². The van der Waals surface area contributed by atoms with Crippen LogP contribution in [-0.4, -0.2) is 36.3 Å². The van der Waals surface area contributed by atoms with Crippen molar-refractivity contribution in [3.63, 3.8) is 0 Å². The third kappa shape index (κ3) is 3.73. The lowest BCUT2D eigenvalue weighted by Gasteiger charge is -2.10. The number of hydrogen-bond acceptors (Lipinski definition) is 2. The zero-order valence-corrected chi connectivity index (χ0v) is 9.32. The maximum Gasteiger partial charge on any atom is 0.243 e. The molecule has 1 aliphatic heterocycles. The number of nitrogens with zero attached hydrogens (tertiary/aromatic N) is 1. The van der Waals surface area contributed by atoms with Crippen molar-refractivity contribution in [3.05, 3.63) is 12.2 Å². The van der Waals surface area contributed by atoms with E-state index in [0.29, 0.717) is 13.0 Å². The summed E-state index contributed by atoms with van der Waals surface area (Å²) < 4.78 is 0. The molecule has 1 N–H and O–H groups in total. The predicted octanol–water partition coefficient (Wildman–Crippen LogP) is 0.690. The number of rotatable bonds is 4. The molecule has 0 aromatic carbocycles. The van der Waals surface area contributed by atoms with Crippen molar-refractivity contribution in [2.45, 2.75) is 32.2 Å². The largest absolute Gasteiger partial charge is 0.348 e. The van der Waals surface area contributed by atoms with Crippen LogP contribution in [0.1, 0.15) is 26.2 Å². The zero-order chi connectivity index (χ0) is 11.3. The van der Waals surface area contributed by atoms with Crippen LogP contribution >= 0.6 is 0 Å². The van der Waals surface area contributed by atoms with E-state index in [9.17, 15) is 9.59 Å². The summed E-state index contributed by atoms with van der Waals surface area (Å²) in [7, 11) is 1.75. The van der Waals surface area contributed by atoms with Crippen LogP contribution in [0.4, 0.5) is 0 Å². The highest BCUT2D eigenvalue weighted by Gasteiger charge is 2.27. The van der Waals surface area contributed by atoms with Gasteiger partial charge in [0.25, 0.3) is 0 Å². The average Bonchev–Trinajstić information content (AvgIpc) is 2.46. The molecule has 0 saturated carbocycles. The van der Waals surface area contributed by atoms with Gasteiger partial charge in [-0.3, -0.25) is 9.59 Å². The summed E-state index contributed by atoms with van der Waals surface area (Å²) >= 11 is 0. The van der Waals surface area contributed by atoms with Gasteiger partial charge in [-0.25, -0.2) is 0 Å². The summed E-state index contributed by atoms with van der Waals surface area (Å²) in [5.74, 6) is -0.00520. The van der Waals surface area contributed by atoms with Crippen molar-refractivity contribution in [2.75, 3.05) is 13.6 Å². The van der Waals surface area contributed by atoms with Crippen LogP contribution in [0.15, 0.2) is 12.2 Å². The van der Waals surface area contributed by atoms with Gasteiger partial charge in [0.1, 0.15) is 0 Å². The van der Waals surface area contributed by atoms with Gasteiger partial charge in [0.05, 0.1) is 6.04 Å². The van der Waals surface area contributed by atoms with Crippen molar-refractivity contribution in [3.8, 4) is 0 Å². The van der Waals surface area contributed by atoms with Gasteiger partial charge in [0, 0.05) is 20.0 Å². The normalized spacial score (nSPS) is 21.3. The summed E-state index contributed by atoms with van der Waals surface area (Å²) in [6, 6.07) is -0.0266. The molecule has 1 heterocycles. The molecule has 0 radical (unpaired) electrons. The van der Waals surface area contributed by atoms with E-state index in [1.54, 1.807) is 18.0 Å². The molecule has 1 fully saturated rings. The van der Waals surface area contributed by atoms with Gasteiger partial charge in [-0.05, 0) is 12.5 Å². The molecule has 1 aliphatic rings. The smallest absolute Gasteiger partial charge is 0.243 e. The van der Waals surface area contributed by atoms with Gasteiger partial charge < -0.3 is 10.2 Å². The fourth-order valence-electron chi connectivity index (χ4n) is 1.57. The van der Waals surface area contributed by atoms with E-state index >= 15 is 0 Å². The van der Waals surface area contributed by atoms with Gasteiger partial charge in [-0.2, -0.15) is 0 Å². The predicted molar refractivity (Wildman–Crippen MR) is 58.2 cm³/mol. The Morgan fingerprint density at radius 3 is 2.93 bits per heavy atom. The Hall–Kier alpha value is -1.32. The van der Waals surface area contributed by atoms with Gasteiger partial charge in [0.2, 0.25) is 11.8 Å². The Morgan fingerprint density at radius 1 is 1.67 bits per heavy atom. The topological polar surface area (TPSA) is 49.4 Å². The van der Waals surface area contributed by atoms with Gasteiger partial charge in [-0.1, -0.05) is 19.4 Å². The van der Waals surface area contributed by atoms with Crippen molar-refractivity contribution < 1.29 is 9.59 Å². The monoisotopic (exact) mass is 210 g/mol. The van der Waals surface area contributed by atoms with E-state index in [2.05, 4.69) is 12.2 Å². The lowest BCUT2D eigenvalue weighted by atomic mass is 10.2. The number of amides is 2. The van der Waals surface area contributed by atoms with Gasteiger partial charge >= 0.3 is 0 Å². The molecule has 2 amide bonds. The number of allylic oxidation sites excluding steroid dienone is 1. The summed E-state index contributed by atoms with van der Waals surface area (Å²) in [4.78, 5) is 24.2. The Balaban J connectivity index is 2.30. The highest BCUT2D eigenvalue weighted by molar-refractivity contribution is 5.89. The number of likely N-dealkylation sites (N-methyl/N-ethyl adjacent to an activating group) is 1. The molecule has 0 bridgehead atoms. The molecule has 0 aromatic heterocycles. The lowest BCUT2D eigenvalue weighted by molar-refractivity contribution is -0.126. The first-order valence-electron chi connectivity index (χ1n) is 5.34. The first-order valence-corrected chi connectivity index (χ1v) is 5.34. The summed E-state index contributed by atoms with van der Waals surface area (Å²) in [6.07, 6.45) is 5.78. The third-order valence-corrected chi connectivity index (χ3v) is 2.41. The fraction of sp³-hybridized carbons (Fsp3) is 0.636. The standard InChI is InChI=1S/C11H18N2O2/c1-3-4-5-6-10(14)12-9-7-11(15)13(2)8-9/h5-6,9H,3-4,7-8H2,1-2H3,(H,12,14)/b6-5+. The van der Waals surface area contributed by atoms with Crippen molar-refractivity contribution in [1.82, 2.24) is 10.2 Å². The van der Waals surface area contributed by atoms with E-state index in [1.165, 1.54) is 0 Å². The zero-order valence-electron chi connectivity index (χ0n) is 9.32. The van der Waals surface area contributed by atoms with Crippen LogP contribution in [0.2, 0.25) is 0 Å². The van der Waals surface area contributed by atoms with E-state index in [-0.39, 0.29) is 17.9 Å². The molecular formula is C11H18N2O2. The molecule has 84 valence electrons. The Kier molecular flexibility index (Phi) is 4.34. The number of likely N-dealkylation sites (tertiary alicyclic amines) is 1. The van der Waals surface area contributed by atoms with Crippen molar-refractivity contribution in [2.24, 2.45) is 0 Å². The Morgan fingerprint density at radius 2 is 2.40 bits per heavy atom. The highest BCUT2D eigenvalue weighted by Crippen LogP contribution is 2.07. The Labute approximate surface area is 90.3 Å². The van der Waals surface area contributed by atoms with E-state index < -0.39 is 0 Å². The third-order valence-electron chi connectivity index (χ3n) is 2.41. The molecule has 0 aromatic rings. The molecule has 4 nitrogen and oxygen atoms in total. The second kappa shape index (κ2) is 5.53. The molecular weight excluding hydrogens is 192 g/mol. The highest BCUT2D eigenvalue weighted by atomic mass is 16.2. The average molecular weight is 210 g/mol. The molecule has 1 unspecified atom stereocenters. The number of carbonyl (C=O) groups is 2. The minimum atomic E-state index is -0.100. The van der Waals surface area contributed by atoms with E-state index in [0.717, 1.165) is 12.8 Å². The number of unbranched alkanes of at least 4 members (excludes halogenated alkanes) is 1. The summed E-state index contributed by atoms with van der Waals surface area (Å²) in [5, 5.41) is 2.81. The van der Waals surface area contributed by atoms with Crippen molar-refractivity contribution >= 4 is 11.8 Å². The van der Waals surface area contributed by atoms with Gasteiger partial charge in [-0.15, -0.1) is 0 Å². The van der Waals surface area contributed by atoms with Crippen LogP contribution in [0.25, 0.3) is 0 Å². The number of hydrogen-bond donors (Lipinski definition) is 1. The molecule has 1 rings (SSSR count). The molecule has 0 spiro atoms. The second-order valence-corrected chi connectivity index (χ2v) is 3.87. The molecule has 1 saturated heterocycles. The first-order chi connectivity index (χ1) is 7.13. The van der Waals surface area contributed by atoms with E-state index in [4.69, 9.17) is 0 Å². The lowest BCUT2D eigenvalue weighted by Crippen LogP contribution is -2.35. The maximum absolute atomic E-state index is 11.4. The van der Waals surface area contributed by atoms with Crippen LogP contribution in [0.3, 0.4) is 0 Å². The minimum Gasteiger partial charge on any atom is -0.348 e. The summed E-state index contributed by atoms with van der Waals surface area (Å²) in [5.41, 5.74) is 0. The maximum atomic E-state index is 11.4. The quantitative estimate of drug-likeness (QED) is 0.694. The summed E-state index contributed by atoms with van der Waals surface area (Å²) in [6.45, 7) is 2.68. The Bertz CT molecular complexity index is 274. The molecule has 1 atom stereocenters. The fourth-order valence-corrected chi connectivity index (χ4v) is 1.57. The SMILES string of the molecule is CCC/C=C/C(=O)NC1CC(=O)N(C)C1. The molecule has 0 aliphatic carbocycles. The van der Waals surface area contributed by atoms with Crippen LogP contribution in [0.5, 0.6) is 0 Å². The number of carbonyl (C=O) groups excluding carboxylic acids is 2. The number of nitrogens with one attached hydrogen (secondary N) is 1. The van der Waals surface area contributed by atoms with Crippen LogP contribution < -0.4 is 5.32 Å². The molecule has 4 heteroatoms. The first kappa shape index (κ1) is 11.8. The minimum absolute atomic E-state index is 0.0266. The van der Waals surface area contributed by atoms with Crippen LogP contribution in [-0.2, 0) is 9.59 Å².